The molecule has 0 spiro atoms. The highest BCUT2D eigenvalue weighted by Gasteiger charge is 2.22. The lowest BCUT2D eigenvalue weighted by Gasteiger charge is -2.21. The number of hydrogen-bond donors (Lipinski definition) is 1. The van der Waals surface area contributed by atoms with Crippen molar-refractivity contribution in [3.05, 3.63) is 125 Å². The van der Waals surface area contributed by atoms with Gasteiger partial charge in [-0.1, -0.05) is 78.9 Å². The third-order valence-corrected chi connectivity index (χ3v) is 5.44. The molecule has 0 aliphatic heterocycles. The normalized spacial score (nSPS) is 11.0. The van der Waals surface area contributed by atoms with Crippen molar-refractivity contribution >= 4 is 23.3 Å². The van der Waals surface area contributed by atoms with Crippen LogP contribution in [0.25, 0.3) is 11.1 Å². The van der Waals surface area contributed by atoms with Gasteiger partial charge in [-0.05, 0) is 56.2 Å². The molecule has 0 unspecified atom stereocenters. The maximum Gasteiger partial charge on any atom is 0.340 e. The fourth-order valence-corrected chi connectivity index (χ4v) is 3.69. The van der Waals surface area contributed by atoms with Crippen molar-refractivity contribution in [3.63, 3.8) is 0 Å². The first-order chi connectivity index (χ1) is 17.2. The Morgan fingerprint density at radius 1 is 0.639 bits per heavy atom. The summed E-state index contributed by atoms with van der Waals surface area (Å²) in [7, 11) is 0. The van der Waals surface area contributed by atoms with Crippen molar-refractivity contribution in [2.24, 2.45) is 0 Å². The van der Waals surface area contributed by atoms with E-state index in [1.807, 2.05) is 36.4 Å². The van der Waals surface area contributed by atoms with Crippen LogP contribution in [0.15, 0.2) is 103 Å². The maximum atomic E-state index is 12.9. The van der Waals surface area contributed by atoms with Gasteiger partial charge < -0.3 is 10.1 Å². The molecule has 180 valence electrons. The van der Waals surface area contributed by atoms with Gasteiger partial charge in [-0.25, -0.2) is 4.79 Å². The van der Waals surface area contributed by atoms with Crippen LogP contribution in [-0.4, -0.2) is 23.3 Å². The van der Waals surface area contributed by atoms with Gasteiger partial charge >= 0.3 is 5.97 Å². The number of carbonyl (C=O) groups is 3. The van der Waals surface area contributed by atoms with Gasteiger partial charge in [-0.2, -0.15) is 0 Å². The first-order valence-corrected chi connectivity index (χ1v) is 11.7. The summed E-state index contributed by atoms with van der Waals surface area (Å²) in [6.07, 6.45) is 0. The number of nitrogens with one attached hydrogen (secondary N) is 1. The van der Waals surface area contributed by atoms with Gasteiger partial charge in [0, 0.05) is 16.7 Å². The monoisotopic (exact) mass is 477 g/mol. The van der Waals surface area contributed by atoms with Crippen LogP contribution >= 0.6 is 0 Å². The standard InChI is InChI=1S/C31H27NO4/c1-31(2,3)36-30(35)26-19-18-25(20-27(26)32-29(34)24-12-8-5-9-13-24)21-14-16-23(17-15-21)28(33)22-10-6-4-7-11-22/h4-20H,1-3H3,(H,32,34). The van der Waals surface area contributed by atoms with E-state index in [-0.39, 0.29) is 17.3 Å². The summed E-state index contributed by atoms with van der Waals surface area (Å²) >= 11 is 0. The molecule has 0 aromatic heterocycles. The van der Waals surface area contributed by atoms with Crippen LogP contribution < -0.4 is 5.32 Å². The quantitative estimate of drug-likeness (QED) is 0.245. The number of carbonyl (C=O) groups excluding carboxylic acids is 3. The van der Waals surface area contributed by atoms with Crippen molar-refractivity contribution < 1.29 is 19.1 Å². The van der Waals surface area contributed by atoms with Gasteiger partial charge in [0.05, 0.1) is 11.3 Å². The van der Waals surface area contributed by atoms with E-state index < -0.39 is 11.6 Å². The minimum absolute atomic E-state index is 0.0572. The molecule has 1 N–H and O–H groups in total. The number of ether oxygens (including phenoxy) is 1. The summed E-state index contributed by atoms with van der Waals surface area (Å²) in [5, 5.41) is 2.86. The number of rotatable bonds is 6. The molecule has 0 aliphatic carbocycles. The Kier molecular flexibility index (Phi) is 7.11. The molecule has 0 bridgehead atoms. The zero-order chi connectivity index (χ0) is 25.7. The SMILES string of the molecule is CC(C)(C)OC(=O)c1ccc(-c2ccc(C(=O)c3ccccc3)cc2)cc1NC(=O)c1ccccc1. The molecule has 5 heteroatoms. The maximum absolute atomic E-state index is 12.9. The van der Waals surface area contributed by atoms with Gasteiger partial charge in [0.1, 0.15) is 5.60 Å². The van der Waals surface area contributed by atoms with Crippen molar-refractivity contribution in [1.82, 2.24) is 0 Å². The fourth-order valence-electron chi connectivity index (χ4n) is 3.69. The van der Waals surface area contributed by atoms with Gasteiger partial charge in [0.25, 0.3) is 5.91 Å². The Morgan fingerprint density at radius 2 is 1.17 bits per heavy atom. The molecule has 4 rings (SSSR count). The molecule has 0 atom stereocenters. The zero-order valence-electron chi connectivity index (χ0n) is 20.4. The minimum atomic E-state index is -0.683. The predicted octanol–water partition coefficient (Wildman–Crippen LogP) is 6.79. The minimum Gasteiger partial charge on any atom is -0.456 e. The van der Waals surface area contributed by atoms with Crippen LogP contribution in [-0.2, 0) is 4.74 Å². The second kappa shape index (κ2) is 10.4. The second-order valence-corrected chi connectivity index (χ2v) is 9.35. The van der Waals surface area contributed by atoms with E-state index in [0.717, 1.165) is 11.1 Å². The van der Waals surface area contributed by atoms with Crippen molar-refractivity contribution in [3.8, 4) is 11.1 Å². The largest absolute Gasteiger partial charge is 0.456 e. The lowest BCUT2D eigenvalue weighted by molar-refractivity contribution is 0.00707. The molecule has 0 radical (unpaired) electrons. The number of ketones is 1. The third-order valence-electron chi connectivity index (χ3n) is 5.44. The van der Waals surface area contributed by atoms with E-state index in [4.69, 9.17) is 4.74 Å². The lowest BCUT2D eigenvalue weighted by atomic mass is 9.98. The summed E-state index contributed by atoms with van der Waals surface area (Å²) in [6.45, 7) is 5.37. The van der Waals surface area contributed by atoms with Crippen LogP contribution in [0.1, 0.15) is 57.4 Å². The third kappa shape index (κ3) is 5.94. The van der Waals surface area contributed by atoms with Gasteiger partial charge in [-0.15, -0.1) is 0 Å². The summed E-state index contributed by atoms with van der Waals surface area (Å²) in [5.41, 5.74) is 3.22. The van der Waals surface area contributed by atoms with E-state index in [1.165, 1.54) is 0 Å². The van der Waals surface area contributed by atoms with E-state index in [9.17, 15) is 14.4 Å². The average Bonchev–Trinajstić information content (AvgIpc) is 2.88. The van der Waals surface area contributed by atoms with Crippen molar-refractivity contribution in [2.75, 3.05) is 5.32 Å². The molecule has 1 amide bonds. The van der Waals surface area contributed by atoms with Crippen LogP contribution in [0.4, 0.5) is 5.69 Å². The van der Waals surface area contributed by atoms with Crippen LogP contribution in [0.5, 0.6) is 0 Å². The van der Waals surface area contributed by atoms with E-state index in [1.54, 1.807) is 87.5 Å². The van der Waals surface area contributed by atoms with Crippen LogP contribution in [0.2, 0.25) is 0 Å². The molecule has 4 aromatic rings. The number of hydrogen-bond acceptors (Lipinski definition) is 4. The summed E-state index contributed by atoms with van der Waals surface area (Å²) in [4.78, 5) is 38.5. The Labute approximate surface area is 210 Å². The van der Waals surface area contributed by atoms with E-state index in [0.29, 0.717) is 22.4 Å². The van der Waals surface area contributed by atoms with E-state index >= 15 is 0 Å². The van der Waals surface area contributed by atoms with Gasteiger partial charge in [0.15, 0.2) is 5.78 Å². The Balaban J connectivity index is 1.66. The topological polar surface area (TPSA) is 72.5 Å². The Hall–Kier alpha value is -4.51. The van der Waals surface area contributed by atoms with E-state index in [2.05, 4.69) is 5.32 Å². The smallest absolute Gasteiger partial charge is 0.340 e. The Morgan fingerprint density at radius 3 is 1.75 bits per heavy atom. The van der Waals surface area contributed by atoms with Gasteiger partial charge in [-0.3, -0.25) is 9.59 Å². The molecular weight excluding hydrogens is 450 g/mol. The molecule has 4 aromatic carbocycles. The lowest BCUT2D eigenvalue weighted by Crippen LogP contribution is -2.25. The zero-order valence-corrected chi connectivity index (χ0v) is 20.4. The molecule has 0 saturated heterocycles. The van der Waals surface area contributed by atoms with Crippen LogP contribution in [0, 0.1) is 0 Å². The number of amides is 1. The summed E-state index contributed by atoms with van der Waals surface area (Å²) in [6, 6.07) is 30.3. The van der Waals surface area contributed by atoms with Crippen LogP contribution in [0.3, 0.4) is 0 Å². The molecule has 0 aliphatic rings. The second-order valence-electron chi connectivity index (χ2n) is 9.35. The van der Waals surface area contributed by atoms with Crippen molar-refractivity contribution in [1.29, 1.82) is 0 Å². The Bertz CT molecular complexity index is 1390. The highest BCUT2D eigenvalue weighted by molar-refractivity contribution is 6.10. The highest BCUT2D eigenvalue weighted by atomic mass is 16.6. The molecule has 0 fully saturated rings. The molecule has 36 heavy (non-hydrogen) atoms. The first-order valence-electron chi connectivity index (χ1n) is 11.7. The number of benzene rings is 4. The molecule has 0 saturated carbocycles. The molecular formula is C31H27NO4. The predicted molar refractivity (Wildman–Crippen MR) is 141 cm³/mol. The fraction of sp³-hybridized carbons (Fsp3) is 0.129. The number of esters is 1. The summed E-state index contributed by atoms with van der Waals surface area (Å²) < 4.78 is 5.55. The number of anilines is 1. The first kappa shape index (κ1) is 24.6. The van der Waals surface area contributed by atoms with Crippen molar-refractivity contribution in [2.45, 2.75) is 26.4 Å². The average molecular weight is 478 g/mol. The molecule has 5 nitrogen and oxygen atoms in total. The van der Waals surface area contributed by atoms with Gasteiger partial charge in [0.2, 0.25) is 0 Å². The molecule has 0 heterocycles. The summed E-state index contributed by atoms with van der Waals surface area (Å²) in [5.74, 6) is -0.916. The highest BCUT2D eigenvalue weighted by Crippen LogP contribution is 2.28.